The van der Waals surface area contributed by atoms with E-state index in [4.69, 9.17) is 39.5 Å². The van der Waals surface area contributed by atoms with Crippen LogP contribution in [0.25, 0.3) is 33.7 Å². The topological polar surface area (TPSA) is 69.1 Å². The maximum absolute atomic E-state index is 11.5. The number of pyridine rings is 1. The molecule has 0 spiro atoms. The van der Waals surface area contributed by atoms with Crippen molar-refractivity contribution in [1.29, 1.82) is 0 Å². The summed E-state index contributed by atoms with van der Waals surface area (Å²) in [7, 11) is 1.66. The lowest BCUT2D eigenvalue weighted by Crippen LogP contribution is -2.54. The largest absolute Gasteiger partial charge is 0.497 e. The zero-order valence-electron chi connectivity index (χ0n) is 34.4. The number of unbranched alkanes of at least 4 members (excludes halogenated alkanes) is 2. The molecule has 6 unspecified atom stereocenters. The first-order valence-electron chi connectivity index (χ1n) is 21.1. The summed E-state index contributed by atoms with van der Waals surface area (Å²) in [5, 5.41) is 25.6. The Labute approximate surface area is 365 Å². The average Bonchev–Trinajstić information content (AvgIpc) is 3.55. The zero-order chi connectivity index (χ0) is 41.6. The second-order valence-electron chi connectivity index (χ2n) is 16.2. The maximum Gasteiger partial charge on any atom is 0.119 e. The van der Waals surface area contributed by atoms with E-state index < -0.39 is 12.2 Å². The van der Waals surface area contributed by atoms with Crippen molar-refractivity contribution >= 4 is 57.4 Å². The Hall–Kier alpha value is -3.72. The van der Waals surface area contributed by atoms with Crippen LogP contribution in [0.1, 0.15) is 92.4 Å². The summed E-state index contributed by atoms with van der Waals surface area (Å²) in [6, 6.07) is 25.6. The molecule has 2 bridgehead atoms. The lowest BCUT2D eigenvalue weighted by Gasteiger charge is -2.50. The second kappa shape index (κ2) is 19.8. The van der Waals surface area contributed by atoms with E-state index in [1.165, 1.54) is 6.42 Å². The summed E-state index contributed by atoms with van der Waals surface area (Å²) in [6.45, 7) is 13.0. The van der Waals surface area contributed by atoms with E-state index in [0.717, 1.165) is 119 Å². The molecular weight excluding hydrogens is 797 g/mol. The average molecular weight is 853 g/mol. The van der Waals surface area contributed by atoms with Gasteiger partial charge in [0.25, 0.3) is 0 Å². The first kappa shape index (κ1) is 43.4. The molecule has 3 fully saturated rings. The number of hydrogen-bond acceptors (Lipinski definition) is 6. The fraction of sp³-hybridized carbons (Fsp3) is 0.380. The van der Waals surface area contributed by atoms with E-state index in [1.807, 2.05) is 72.8 Å². The first-order chi connectivity index (χ1) is 28.6. The van der Waals surface area contributed by atoms with Gasteiger partial charge >= 0.3 is 0 Å². The van der Waals surface area contributed by atoms with Gasteiger partial charge < -0.3 is 19.8 Å². The van der Waals surface area contributed by atoms with Crippen molar-refractivity contribution in [2.24, 2.45) is 11.8 Å². The molecule has 0 amide bonds. The van der Waals surface area contributed by atoms with Gasteiger partial charge in [-0.2, -0.15) is 0 Å². The van der Waals surface area contributed by atoms with Crippen LogP contribution < -0.4 is 4.74 Å². The molecule has 3 saturated heterocycles. The molecule has 0 radical (unpaired) electrons. The standard InChI is InChI=1S/C30H32Cl3NO.C20H24N2O2/c1-3-5-13-34(14-6-4-2)19-29(35)28-18-23(33)17-27-25(15-20-7-9-21(31)10-8-20)26-16-22(32)11-12-24(26)30(27)28;1-3-13-12-22-9-7-14(13)10-19(22)20(23)16-6-8-21-18-5-4-15(24-2)11-17(16)18/h7-12,15-18,29,35H,3-6,13-14,19H2,1-2H3;3-6,8,11,13-14,19-20,23H,1,7,9-10,12H2,2H3/b25-15-;. The Morgan fingerprint density at radius 3 is 2.27 bits per heavy atom. The quantitative estimate of drug-likeness (QED) is 0.106. The number of halogens is 3. The highest BCUT2D eigenvalue weighted by atomic mass is 35.5. The van der Waals surface area contributed by atoms with Crippen LogP contribution in [0.4, 0.5) is 0 Å². The second-order valence-corrected chi connectivity index (χ2v) is 17.5. The van der Waals surface area contributed by atoms with E-state index in [9.17, 15) is 10.2 Å². The predicted octanol–water partition coefficient (Wildman–Crippen LogP) is 12.3. The molecule has 6 nitrogen and oxygen atoms in total. The van der Waals surface area contributed by atoms with Gasteiger partial charge in [0.15, 0.2) is 0 Å². The lowest BCUT2D eigenvalue weighted by molar-refractivity contribution is -0.0444. The van der Waals surface area contributed by atoms with Gasteiger partial charge in [-0.15, -0.1) is 6.58 Å². The Morgan fingerprint density at radius 2 is 1.59 bits per heavy atom. The molecule has 310 valence electrons. The van der Waals surface area contributed by atoms with Crippen molar-refractivity contribution in [2.45, 2.75) is 70.6 Å². The van der Waals surface area contributed by atoms with Crippen LogP contribution in [0.2, 0.25) is 15.1 Å². The minimum atomic E-state index is -0.644. The fourth-order valence-electron chi connectivity index (χ4n) is 9.23. The molecule has 4 aromatic carbocycles. The summed E-state index contributed by atoms with van der Waals surface area (Å²) >= 11 is 19.2. The van der Waals surface area contributed by atoms with Crippen LogP contribution in [0.5, 0.6) is 5.75 Å². The zero-order valence-corrected chi connectivity index (χ0v) is 36.7. The van der Waals surface area contributed by atoms with Crippen LogP contribution >= 0.6 is 34.8 Å². The third-order valence-corrected chi connectivity index (χ3v) is 13.1. The maximum atomic E-state index is 11.5. The molecule has 4 aliphatic rings. The van der Waals surface area contributed by atoms with Gasteiger partial charge in [0.05, 0.1) is 24.8 Å². The van der Waals surface area contributed by atoms with Crippen LogP contribution in [0.3, 0.4) is 0 Å². The number of hydrogen-bond donors (Lipinski definition) is 2. The molecular formula is C50H56Cl3N3O3. The van der Waals surface area contributed by atoms with Gasteiger partial charge in [0.1, 0.15) is 5.75 Å². The Morgan fingerprint density at radius 1 is 0.864 bits per heavy atom. The Bertz CT molecular complexity index is 2270. The molecule has 9 rings (SSSR count). The van der Waals surface area contributed by atoms with Gasteiger partial charge in [-0.05, 0) is 168 Å². The minimum Gasteiger partial charge on any atom is -0.497 e. The van der Waals surface area contributed by atoms with Gasteiger partial charge in [-0.25, -0.2) is 0 Å². The van der Waals surface area contributed by atoms with Crippen LogP contribution in [-0.4, -0.2) is 70.9 Å². The van der Waals surface area contributed by atoms with Gasteiger partial charge in [-0.3, -0.25) is 9.88 Å². The van der Waals surface area contributed by atoms with E-state index in [2.05, 4.69) is 53.4 Å². The van der Waals surface area contributed by atoms with Crippen molar-refractivity contribution < 1.29 is 14.9 Å². The van der Waals surface area contributed by atoms with Crippen molar-refractivity contribution in [2.75, 3.05) is 39.8 Å². The number of rotatable bonds is 14. The van der Waals surface area contributed by atoms with E-state index in [1.54, 1.807) is 13.3 Å². The Kier molecular flexibility index (Phi) is 14.5. The van der Waals surface area contributed by atoms with Gasteiger partial charge in [0.2, 0.25) is 0 Å². The number of piperidine rings is 3. The number of aliphatic hydroxyl groups excluding tert-OH is 2. The molecule has 59 heavy (non-hydrogen) atoms. The molecule has 2 N–H and O–H groups in total. The smallest absolute Gasteiger partial charge is 0.119 e. The third kappa shape index (κ3) is 9.76. The predicted molar refractivity (Wildman–Crippen MR) is 247 cm³/mol. The molecule has 6 atom stereocenters. The number of fused-ring (bicyclic) bond motifs is 7. The number of benzene rings is 4. The van der Waals surface area contributed by atoms with E-state index in [0.29, 0.717) is 33.4 Å². The van der Waals surface area contributed by atoms with Crippen molar-refractivity contribution in [3.8, 4) is 16.9 Å². The highest BCUT2D eigenvalue weighted by Crippen LogP contribution is 2.50. The molecule has 3 aliphatic heterocycles. The number of ether oxygens (including phenoxy) is 1. The summed E-state index contributed by atoms with van der Waals surface area (Å²) in [4.78, 5) is 9.24. The molecule has 0 saturated carbocycles. The van der Waals surface area contributed by atoms with E-state index >= 15 is 0 Å². The summed E-state index contributed by atoms with van der Waals surface area (Å²) in [6.07, 6.45) is 11.6. The highest BCUT2D eigenvalue weighted by Gasteiger charge is 2.42. The molecule has 1 aliphatic carbocycles. The third-order valence-electron chi connectivity index (χ3n) is 12.4. The van der Waals surface area contributed by atoms with Crippen molar-refractivity contribution in [3.05, 3.63) is 141 Å². The van der Waals surface area contributed by atoms with Crippen molar-refractivity contribution in [1.82, 2.24) is 14.8 Å². The molecule has 1 aromatic heterocycles. The highest BCUT2D eigenvalue weighted by molar-refractivity contribution is 6.32. The number of methoxy groups -OCH3 is 1. The molecule has 5 aromatic rings. The van der Waals surface area contributed by atoms with Gasteiger partial charge in [-0.1, -0.05) is 85.8 Å². The first-order valence-corrected chi connectivity index (χ1v) is 22.2. The minimum absolute atomic E-state index is 0.178. The summed E-state index contributed by atoms with van der Waals surface area (Å²) < 4.78 is 5.35. The molecule has 9 heteroatoms. The SMILES string of the molecule is C=CC1CN2CCC1CC2C(O)c1ccnc2ccc(OC)cc12.CCCCN(CCCC)CC(O)c1cc(Cl)cc2c1-c1ccc(Cl)cc1/C2=C/c1ccc(Cl)cc1. The number of nitrogens with zero attached hydrogens (tertiary/aromatic N) is 3. The van der Waals surface area contributed by atoms with Crippen LogP contribution in [0.15, 0.2) is 97.7 Å². The Balaban J connectivity index is 0.000000191. The van der Waals surface area contributed by atoms with Crippen LogP contribution in [0, 0.1) is 11.8 Å². The van der Waals surface area contributed by atoms with E-state index in [-0.39, 0.29) is 6.04 Å². The van der Waals surface area contributed by atoms with Crippen molar-refractivity contribution in [3.63, 3.8) is 0 Å². The summed E-state index contributed by atoms with van der Waals surface area (Å²) in [5.41, 5.74) is 8.98. The summed E-state index contributed by atoms with van der Waals surface area (Å²) in [5.74, 6) is 2.01. The van der Waals surface area contributed by atoms with Gasteiger partial charge in [0, 0.05) is 45.8 Å². The number of aliphatic hydroxyl groups is 2. The monoisotopic (exact) mass is 851 g/mol. The normalized spacial score (nSPS) is 20.9. The van der Waals surface area contributed by atoms with Crippen LogP contribution in [-0.2, 0) is 0 Å². The number of aromatic nitrogens is 1. The fourth-order valence-corrected chi connectivity index (χ4v) is 9.76. The lowest BCUT2D eigenvalue weighted by atomic mass is 9.73. The molecule has 4 heterocycles.